The van der Waals surface area contributed by atoms with E-state index in [2.05, 4.69) is 31.6 Å². The van der Waals surface area contributed by atoms with Crippen molar-refractivity contribution in [1.82, 2.24) is 0 Å². The van der Waals surface area contributed by atoms with E-state index in [1.807, 2.05) is 31.2 Å². The van der Waals surface area contributed by atoms with E-state index in [4.69, 9.17) is 9.47 Å². The number of rotatable bonds is 9. The van der Waals surface area contributed by atoms with Gasteiger partial charge in [-0.1, -0.05) is 43.7 Å². The second-order valence-electron chi connectivity index (χ2n) is 3.70. The fourth-order valence-electron chi connectivity index (χ4n) is 1.14. The van der Waals surface area contributed by atoms with Crippen LogP contribution < -0.4 is 0 Å². The molecule has 0 heterocycles. The van der Waals surface area contributed by atoms with E-state index in [-0.39, 0.29) is 0 Å². The molecule has 0 saturated heterocycles. The zero-order chi connectivity index (χ0) is 14.2. The third kappa shape index (κ3) is 12.4. The van der Waals surface area contributed by atoms with Gasteiger partial charge in [-0.15, -0.1) is 0 Å². The predicted octanol–water partition coefficient (Wildman–Crippen LogP) is 4.37. The Labute approximate surface area is 117 Å². The summed E-state index contributed by atoms with van der Waals surface area (Å²) >= 11 is 0. The molecule has 0 aliphatic rings. The molecule has 0 aliphatic carbocycles. The Kier molecular flexibility index (Phi) is 12.8. The third-order valence-corrected chi connectivity index (χ3v) is 2.10. The van der Waals surface area contributed by atoms with Gasteiger partial charge in [0.2, 0.25) is 0 Å². The molecule has 0 aromatic rings. The first kappa shape index (κ1) is 17.1. The van der Waals surface area contributed by atoms with Crippen LogP contribution in [0.25, 0.3) is 0 Å². The highest BCUT2D eigenvalue weighted by molar-refractivity contribution is 5.32. The Bertz CT molecular complexity index is 364. The summed E-state index contributed by atoms with van der Waals surface area (Å²) in [6.45, 7) is 9.08. The molecule has 2 heteroatoms. The molecule has 0 radical (unpaired) electrons. The highest BCUT2D eigenvalue weighted by Crippen LogP contribution is 2.00. The van der Waals surface area contributed by atoms with Crippen molar-refractivity contribution >= 4 is 0 Å². The van der Waals surface area contributed by atoms with Crippen molar-refractivity contribution < 1.29 is 9.47 Å². The normalized spacial score (nSPS) is 11.4. The van der Waals surface area contributed by atoms with Crippen molar-refractivity contribution in [1.29, 1.82) is 0 Å². The van der Waals surface area contributed by atoms with Gasteiger partial charge in [0.25, 0.3) is 0 Å². The van der Waals surface area contributed by atoms with Gasteiger partial charge in [0.1, 0.15) is 6.11 Å². The molecule has 0 N–H and O–H groups in total. The summed E-state index contributed by atoms with van der Waals surface area (Å²) in [6, 6.07) is 0. The standard InChI is InChI=1S/C17H24O2/c1-4-7-12-17(5-2)13-11-16-19-15-10-8-9-14-18-6-3/h5,7,11-13,16H,2,4,6,8,10,15H2,1,3H3/b12-7-,16-11+,17-13-. The van der Waals surface area contributed by atoms with Crippen LogP contribution in [0.4, 0.5) is 0 Å². The van der Waals surface area contributed by atoms with Crippen molar-refractivity contribution in [2.24, 2.45) is 0 Å². The van der Waals surface area contributed by atoms with Crippen molar-refractivity contribution in [3.63, 3.8) is 0 Å². The smallest absolute Gasteiger partial charge is 0.110 e. The number of hydrogen-bond donors (Lipinski definition) is 0. The maximum absolute atomic E-state index is 5.35. The molecule has 0 aliphatic heterocycles. The van der Waals surface area contributed by atoms with Crippen LogP contribution in [0.2, 0.25) is 0 Å². The van der Waals surface area contributed by atoms with Crippen LogP contribution in [0, 0.1) is 12.0 Å². The SMILES string of the molecule is C=CC(/C=C\CC)=C/C=C/OCCCC#COCC. The molecule has 2 nitrogen and oxygen atoms in total. The Morgan fingerprint density at radius 2 is 2.16 bits per heavy atom. The van der Waals surface area contributed by atoms with E-state index >= 15 is 0 Å². The lowest BCUT2D eigenvalue weighted by molar-refractivity contribution is 0.246. The molecule has 0 atom stereocenters. The van der Waals surface area contributed by atoms with Gasteiger partial charge in [0.05, 0.1) is 19.5 Å². The molecular weight excluding hydrogens is 236 g/mol. The summed E-state index contributed by atoms with van der Waals surface area (Å²) in [4.78, 5) is 0. The molecule has 0 fully saturated rings. The summed E-state index contributed by atoms with van der Waals surface area (Å²) in [6.07, 6.45) is 16.8. The van der Waals surface area contributed by atoms with Gasteiger partial charge < -0.3 is 9.47 Å². The third-order valence-electron chi connectivity index (χ3n) is 2.10. The topological polar surface area (TPSA) is 18.5 Å². The van der Waals surface area contributed by atoms with Crippen LogP contribution >= 0.6 is 0 Å². The second kappa shape index (κ2) is 14.2. The van der Waals surface area contributed by atoms with Crippen LogP contribution in [0.1, 0.15) is 33.1 Å². The largest absolute Gasteiger partial charge is 0.501 e. The summed E-state index contributed by atoms with van der Waals surface area (Å²) in [5, 5.41) is 0. The molecule has 0 rings (SSSR count). The Morgan fingerprint density at radius 3 is 2.84 bits per heavy atom. The molecule has 0 unspecified atom stereocenters. The van der Waals surface area contributed by atoms with Crippen molar-refractivity contribution in [3.05, 3.63) is 48.8 Å². The molecule has 0 aromatic carbocycles. The van der Waals surface area contributed by atoms with E-state index in [9.17, 15) is 0 Å². The van der Waals surface area contributed by atoms with Crippen molar-refractivity contribution in [2.45, 2.75) is 33.1 Å². The number of ether oxygens (including phenoxy) is 2. The zero-order valence-electron chi connectivity index (χ0n) is 12.0. The molecule has 0 amide bonds. The monoisotopic (exact) mass is 260 g/mol. The van der Waals surface area contributed by atoms with Crippen LogP contribution in [-0.4, -0.2) is 13.2 Å². The minimum Gasteiger partial charge on any atom is -0.501 e. The molecule has 0 spiro atoms. The van der Waals surface area contributed by atoms with E-state index in [1.165, 1.54) is 0 Å². The van der Waals surface area contributed by atoms with Crippen LogP contribution in [0.15, 0.2) is 48.8 Å². The highest BCUT2D eigenvalue weighted by atomic mass is 16.5. The maximum Gasteiger partial charge on any atom is 0.110 e. The van der Waals surface area contributed by atoms with Crippen molar-refractivity contribution in [2.75, 3.05) is 13.2 Å². The predicted molar refractivity (Wildman–Crippen MR) is 81.4 cm³/mol. The highest BCUT2D eigenvalue weighted by Gasteiger charge is 1.83. The fourth-order valence-corrected chi connectivity index (χ4v) is 1.14. The molecule has 104 valence electrons. The molecule has 0 bridgehead atoms. The van der Waals surface area contributed by atoms with Crippen LogP contribution in [0.5, 0.6) is 0 Å². The van der Waals surface area contributed by atoms with Gasteiger partial charge in [0.15, 0.2) is 0 Å². The summed E-state index contributed by atoms with van der Waals surface area (Å²) in [5.41, 5.74) is 1.07. The van der Waals surface area contributed by atoms with E-state index in [1.54, 1.807) is 6.26 Å². The minimum absolute atomic E-state index is 0.636. The fraction of sp³-hybridized carbons (Fsp3) is 0.412. The van der Waals surface area contributed by atoms with E-state index < -0.39 is 0 Å². The zero-order valence-corrected chi connectivity index (χ0v) is 12.0. The lowest BCUT2D eigenvalue weighted by Gasteiger charge is -1.96. The van der Waals surface area contributed by atoms with E-state index in [0.29, 0.717) is 13.2 Å². The molecular formula is C17H24O2. The van der Waals surface area contributed by atoms with Gasteiger partial charge in [-0.25, -0.2) is 0 Å². The Hall–Kier alpha value is -1.88. The van der Waals surface area contributed by atoms with Gasteiger partial charge in [-0.3, -0.25) is 0 Å². The number of allylic oxidation sites excluding steroid dienone is 6. The first-order chi connectivity index (χ1) is 9.35. The second-order valence-corrected chi connectivity index (χ2v) is 3.70. The summed E-state index contributed by atoms with van der Waals surface area (Å²) in [5.74, 6) is 2.92. The van der Waals surface area contributed by atoms with Gasteiger partial charge in [-0.2, -0.15) is 0 Å². The van der Waals surface area contributed by atoms with Crippen LogP contribution in [-0.2, 0) is 9.47 Å². The quantitative estimate of drug-likeness (QED) is 0.265. The van der Waals surface area contributed by atoms with Gasteiger partial charge in [0, 0.05) is 6.42 Å². The first-order valence-electron chi connectivity index (χ1n) is 6.72. The Balaban J connectivity index is 3.73. The maximum atomic E-state index is 5.35. The first-order valence-corrected chi connectivity index (χ1v) is 6.72. The van der Waals surface area contributed by atoms with Gasteiger partial charge in [-0.05, 0) is 31.4 Å². The number of hydrogen-bond acceptors (Lipinski definition) is 2. The lowest BCUT2D eigenvalue weighted by Crippen LogP contribution is -1.86. The molecule has 0 saturated carbocycles. The average Bonchev–Trinajstić information content (AvgIpc) is 2.44. The Morgan fingerprint density at radius 1 is 1.32 bits per heavy atom. The summed E-state index contributed by atoms with van der Waals surface area (Å²) in [7, 11) is 0. The number of unbranched alkanes of at least 4 members (excludes halogenated alkanes) is 1. The molecule has 19 heavy (non-hydrogen) atoms. The van der Waals surface area contributed by atoms with Crippen molar-refractivity contribution in [3.8, 4) is 12.0 Å². The van der Waals surface area contributed by atoms with E-state index in [0.717, 1.165) is 24.8 Å². The summed E-state index contributed by atoms with van der Waals surface area (Å²) < 4.78 is 10.3. The lowest BCUT2D eigenvalue weighted by atomic mass is 10.2. The van der Waals surface area contributed by atoms with Gasteiger partial charge >= 0.3 is 0 Å². The average molecular weight is 260 g/mol. The molecule has 0 aromatic heterocycles. The minimum atomic E-state index is 0.636. The van der Waals surface area contributed by atoms with Crippen LogP contribution in [0.3, 0.4) is 0 Å².